The summed E-state index contributed by atoms with van der Waals surface area (Å²) < 4.78 is 1.89. The minimum absolute atomic E-state index is 0.115. The van der Waals surface area contributed by atoms with E-state index >= 15 is 0 Å². The number of aliphatic hydroxyl groups is 1. The van der Waals surface area contributed by atoms with Crippen LogP contribution in [0.2, 0.25) is 0 Å². The highest BCUT2D eigenvalue weighted by atomic mass is 16.3. The van der Waals surface area contributed by atoms with Crippen molar-refractivity contribution < 1.29 is 9.90 Å². The molecule has 0 saturated carbocycles. The number of pyridine rings is 2. The second-order valence-corrected chi connectivity index (χ2v) is 11.5. The lowest BCUT2D eigenvalue weighted by Crippen LogP contribution is -2.47. The van der Waals surface area contributed by atoms with Crippen LogP contribution in [0.1, 0.15) is 80.4 Å². The van der Waals surface area contributed by atoms with Crippen LogP contribution in [0, 0.1) is 13.8 Å². The third-order valence-corrected chi connectivity index (χ3v) is 8.34. The molecular formula is C30H41N7O3. The maximum absolute atomic E-state index is 12.5. The van der Waals surface area contributed by atoms with Gasteiger partial charge >= 0.3 is 0 Å². The molecule has 1 saturated heterocycles. The van der Waals surface area contributed by atoms with Gasteiger partial charge in [-0.15, -0.1) is 0 Å². The summed E-state index contributed by atoms with van der Waals surface area (Å²) in [5.74, 6) is 0.162. The summed E-state index contributed by atoms with van der Waals surface area (Å²) in [5, 5.41) is 19.8. The van der Waals surface area contributed by atoms with Crippen molar-refractivity contribution in [1.29, 1.82) is 0 Å². The predicted molar refractivity (Wildman–Crippen MR) is 156 cm³/mol. The van der Waals surface area contributed by atoms with Gasteiger partial charge in [-0.25, -0.2) is 9.67 Å². The highest BCUT2D eigenvalue weighted by Crippen LogP contribution is 2.31. The van der Waals surface area contributed by atoms with Gasteiger partial charge in [-0.2, -0.15) is 5.10 Å². The number of aliphatic hydroxyl groups excluding tert-OH is 1. The molecular weight excluding hydrogens is 506 g/mol. The Balaban J connectivity index is 1.39. The normalized spacial score (nSPS) is 18.0. The fourth-order valence-corrected chi connectivity index (χ4v) is 6.02. The van der Waals surface area contributed by atoms with E-state index < -0.39 is 6.23 Å². The predicted octanol–water partition coefficient (Wildman–Crippen LogP) is 3.20. The Morgan fingerprint density at radius 3 is 2.58 bits per heavy atom. The summed E-state index contributed by atoms with van der Waals surface area (Å²) in [4.78, 5) is 36.5. The average molecular weight is 548 g/mol. The van der Waals surface area contributed by atoms with Gasteiger partial charge < -0.3 is 15.0 Å². The number of rotatable bonds is 7. The summed E-state index contributed by atoms with van der Waals surface area (Å²) in [6.07, 6.45) is 5.89. The number of aromatic nitrogens is 4. The fourth-order valence-electron chi connectivity index (χ4n) is 6.02. The van der Waals surface area contributed by atoms with Gasteiger partial charge in [0.2, 0.25) is 5.91 Å². The largest absolute Gasteiger partial charge is 0.374 e. The molecule has 10 heteroatoms. The lowest BCUT2D eigenvalue weighted by molar-refractivity contribution is -0.130. The number of H-pyrrole nitrogens is 1. The van der Waals surface area contributed by atoms with Crippen LogP contribution >= 0.6 is 0 Å². The monoisotopic (exact) mass is 547 g/mol. The number of nitrogens with one attached hydrogen (secondary N) is 2. The number of aromatic amines is 1. The molecule has 0 spiro atoms. The third kappa shape index (κ3) is 5.75. The topological polar surface area (TPSA) is 119 Å². The minimum atomic E-state index is -0.999. The van der Waals surface area contributed by atoms with Crippen LogP contribution in [0.5, 0.6) is 0 Å². The first-order chi connectivity index (χ1) is 19.1. The zero-order valence-electron chi connectivity index (χ0n) is 24.2. The highest BCUT2D eigenvalue weighted by Gasteiger charge is 2.28. The maximum atomic E-state index is 12.5. The van der Waals surface area contributed by atoms with Crippen LogP contribution in [0.15, 0.2) is 29.2 Å². The van der Waals surface area contributed by atoms with Crippen LogP contribution in [0.25, 0.3) is 16.6 Å². The van der Waals surface area contributed by atoms with E-state index in [2.05, 4.69) is 40.2 Å². The fraction of sp³-hybridized carbons (Fsp3) is 0.533. The van der Waals surface area contributed by atoms with Crippen LogP contribution in [0.4, 0.5) is 0 Å². The van der Waals surface area contributed by atoms with Gasteiger partial charge in [-0.1, -0.05) is 6.08 Å². The van der Waals surface area contributed by atoms with Crippen molar-refractivity contribution in [3.05, 3.63) is 62.8 Å². The van der Waals surface area contributed by atoms with Gasteiger partial charge in [-0.05, 0) is 70.2 Å². The Hall–Kier alpha value is -3.34. The van der Waals surface area contributed by atoms with Gasteiger partial charge in [-0.3, -0.25) is 19.8 Å². The second-order valence-electron chi connectivity index (χ2n) is 11.5. The van der Waals surface area contributed by atoms with E-state index in [0.717, 1.165) is 79.0 Å². The quantitative estimate of drug-likeness (QED) is 0.389. The SMILES string of the molecule is CC(=O)N1CCC(N2CC=C(c3cc(C(O)NCc4c(C)cc(C)[nH]c4=O)c4cnn(C(C)C)c4n3)CC2)CC1. The van der Waals surface area contributed by atoms with E-state index in [-0.39, 0.29) is 24.1 Å². The van der Waals surface area contributed by atoms with Gasteiger partial charge in [0.25, 0.3) is 5.56 Å². The van der Waals surface area contributed by atoms with Crippen molar-refractivity contribution in [2.24, 2.45) is 0 Å². The Bertz CT molecular complexity index is 1480. The van der Waals surface area contributed by atoms with Crippen LogP contribution < -0.4 is 10.9 Å². The summed E-state index contributed by atoms with van der Waals surface area (Å²) in [6, 6.07) is 4.50. The third-order valence-electron chi connectivity index (χ3n) is 8.34. The standard InChI is InChI=1S/C30H41N7O3/c1-18(2)37-28-26(17-32-37)24(29(39)31-16-25-19(3)14-20(4)33-30(25)40)15-27(34-28)22-6-10-36(11-7-22)23-8-12-35(13-9-23)21(5)38/h6,14-15,17-18,23,29,31,39H,7-13,16H2,1-5H3,(H,33,40). The summed E-state index contributed by atoms with van der Waals surface area (Å²) in [5.41, 5.74) is 5.62. The molecule has 1 amide bonds. The molecule has 1 atom stereocenters. The summed E-state index contributed by atoms with van der Waals surface area (Å²) >= 11 is 0. The van der Waals surface area contributed by atoms with E-state index in [4.69, 9.17) is 4.98 Å². The molecule has 3 aromatic heterocycles. The molecule has 214 valence electrons. The molecule has 0 aromatic carbocycles. The second kappa shape index (κ2) is 11.6. The van der Waals surface area contributed by atoms with Crippen molar-refractivity contribution in [1.82, 2.24) is 34.9 Å². The first kappa shape index (κ1) is 28.2. The molecule has 0 radical (unpaired) electrons. The number of hydrogen-bond donors (Lipinski definition) is 3. The van der Waals surface area contributed by atoms with Crippen molar-refractivity contribution in [3.8, 4) is 0 Å². The van der Waals surface area contributed by atoms with Crippen LogP contribution in [0.3, 0.4) is 0 Å². The molecule has 1 unspecified atom stereocenters. The smallest absolute Gasteiger partial charge is 0.252 e. The van der Waals surface area contributed by atoms with Crippen molar-refractivity contribution >= 4 is 22.5 Å². The number of fused-ring (bicyclic) bond motifs is 1. The Morgan fingerprint density at radius 1 is 1.20 bits per heavy atom. The maximum Gasteiger partial charge on any atom is 0.252 e. The number of carbonyl (C=O) groups is 1. The molecule has 2 aliphatic heterocycles. The number of hydrogen-bond acceptors (Lipinski definition) is 7. The van der Waals surface area contributed by atoms with E-state index in [9.17, 15) is 14.7 Å². The summed E-state index contributed by atoms with van der Waals surface area (Å²) in [7, 11) is 0. The molecule has 2 aliphatic rings. The number of nitrogens with zero attached hydrogens (tertiary/aromatic N) is 5. The first-order valence-corrected chi connectivity index (χ1v) is 14.3. The molecule has 3 N–H and O–H groups in total. The van der Waals surface area contributed by atoms with Crippen molar-refractivity contribution in [2.75, 3.05) is 26.2 Å². The minimum Gasteiger partial charge on any atom is -0.374 e. The number of carbonyl (C=O) groups excluding carboxylic acids is 1. The molecule has 40 heavy (non-hydrogen) atoms. The molecule has 0 aliphatic carbocycles. The molecule has 1 fully saturated rings. The number of amides is 1. The molecule has 10 nitrogen and oxygen atoms in total. The molecule has 5 heterocycles. The molecule has 5 rings (SSSR count). The first-order valence-electron chi connectivity index (χ1n) is 14.3. The van der Waals surface area contributed by atoms with E-state index in [1.165, 1.54) is 0 Å². The van der Waals surface area contributed by atoms with Crippen LogP contribution in [-0.2, 0) is 11.3 Å². The molecule has 0 bridgehead atoms. The van der Waals surface area contributed by atoms with Gasteiger partial charge in [0.05, 0.1) is 11.9 Å². The van der Waals surface area contributed by atoms with Gasteiger partial charge in [0.1, 0.15) is 6.23 Å². The molecule has 3 aromatic rings. The Morgan fingerprint density at radius 2 is 1.95 bits per heavy atom. The number of aryl methyl sites for hydroxylation is 2. The van der Waals surface area contributed by atoms with Gasteiger partial charge in [0.15, 0.2) is 5.65 Å². The number of likely N-dealkylation sites (tertiary alicyclic amines) is 1. The van der Waals surface area contributed by atoms with E-state index in [1.807, 2.05) is 35.6 Å². The summed E-state index contributed by atoms with van der Waals surface area (Å²) in [6.45, 7) is 13.2. The zero-order valence-corrected chi connectivity index (χ0v) is 24.2. The van der Waals surface area contributed by atoms with E-state index in [0.29, 0.717) is 17.2 Å². The van der Waals surface area contributed by atoms with Crippen molar-refractivity contribution in [2.45, 2.75) is 78.7 Å². The lowest BCUT2D eigenvalue weighted by Gasteiger charge is -2.39. The highest BCUT2D eigenvalue weighted by molar-refractivity contribution is 5.82. The Kier molecular flexibility index (Phi) is 8.21. The zero-order chi connectivity index (χ0) is 28.6. The lowest BCUT2D eigenvalue weighted by atomic mass is 9.97. The van der Waals surface area contributed by atoms with Crippen molar-refractivity contribution in [3.63, 3.8) is 0 Å². The van der Waals surface area contributed by atoms with Crippen LogP contribution in [-0.4, -0.2) is 72.8 Å². The number of piperidine rings is 1. The average Bonchev–Trinajstić information content (AvgIpc) is 3.36. The Labute approximate surface area is 235 Å². The van der Waals surface area contributed by atoms with E-state index in [1.54, 1.807) is 13.1 Å². The van der Waals surface area contributed by atoms with Gasteiger partial charge in [0, 0.05) is 73.9 Å².